The summed E-state index contributed by atoms with van der Waals surface area (Å²) in [6.07, 6.45) is -6.75. The normalized spacial score (nSPS) is 17.0. The number of carbonyl (C=O) groups excluding carboxylic acids is 2. The predicted molar refractivity (Wildman–Crippen MR) is 95.4 cm³/mol. The van der Waals surface area contributed by atoms with E-state index in [1.165, 1.54) is 6.07 Å². The van der Waals surface area contributed by atoms with Gasteiger partial charge in [-0.25, -0.2) is 18.6 Å². The lowest BCUT2D eigenvalue weighted by molar-refractivity contribution is -0.154. The number of amides is 2. The summed E-state index contributed by atoms with van der Waals surface area (Å²) in [7, 11) is 0. The van der Waals surface area contributed by atoms with Crippen LogP contribution in [-0.4, -0.2) is 42.4 Å². The van der Waals surface area contributed by atoms with Gasteiger partial charge < -0.3 is 20.1 Å². The minimum atomic E-state index is -4.73. The number of ether oxygens (including phenoxy) is 2. The number of carbonyl (C=O) groups is 2. The number of alkyl halides is 3. The zero-order valence-electron chi connectivity index (χ0n) is 15.3. The number of rotatable bonds is 6. The fourth-order valence-corrected chi connectivity index (χ4v) is 2.83. The fraction of sp³-hybridized carbons (Fsp3) is 0.278. The first-order valence-electron chi connectivity index (χ1n) is 8.59. The van der Waals surface area contributed by atoms with E-state index in [1.807, 2.05) is 0 Å². The van der Waals surface area contributed by atoms with Crippen LogP contribution in [0.3, 0.4) is 0 Å². The Hall–Kier alpha value is -3.15. The van der Waals surface area contributed by atoms with Gasteiger partial charge in [-0.3, -0.25) is 4.79 Å². The van der Waals surface area contributed by atoms with Crippen LogP contribution in [0.5, 0.6) is 5.88 Å². The quantitative estimate of drug-likeness (QED) is 0.639. The van der Waals surface area contributed by atoms with Crippen molar-refractivity contribution in [3.8, 4) is 5.88 Å². The van der Waals surface area contributed by atoms with Gasteiger partial charge in [0, 0.05) is 0 Å². The molecule has 2 N–H and O–H groups in total. The van der Waals surface area contributed by atoms with E-state index in [1.54, 1.807) is 0 Å². The summed E-state index contributed by atoms with van der Waals surface area (Å²) in [6, 6.07) is 4.08. The average molecular weight is 466 g/mol. The van der Waals surface area contributed by atoms with Gasteiger partial charge in [-0.15, -0.1) is 0 Å². The molecule has 2 amide bonds. The van der Waals surface area contributed by atoms with Crippen LogP contribution in [-0.2, 0) is 9.53 Å². The summed E-state index contributed by atoms with van der Waals surface area (Å²) < 4.78 is 73.9. The second kappa shape index (κ2) is 8.92. The SMILES string of the molecule is O=C1NCC(C(=O)NC(c2ccc(F)c(Cl)c2)c2ccc(F)c(OCC(F)(F)F)n2)O1. The molecule has 2 unspecified atom stereocenters. The van der Waals surface area contributed by atoms with Crippen LogP contribution >= 0.6 is 11.6 Å². The first kappa shape index (κ1) is 22.5. The zero-order valence-corrected chi connectivity index (χ0v) is 16.1. The topological polar surface area (TPSA) is 89.6 Å². The second-order valence-electron chi connectivity index (χ2n) is 6.32. The van der Waals surface area contributed by atoms with Crippen molar-refractivity contribution >= 4 is 23.6 Å². The van der Waals surface area contributed by atoms with Gasteiger partial charge in [0.1, 0.15) is 5.82 Å². The molecule has 1 aromatic carbocycles. The number of nitrogens with zero attached hydrogens (tertiary/aromatic N) is 1. The number of nitrogens with one attached hydrogen (secondary N) is 2. The maximum absolute atomic E-state index is 13.9. The Bertz CT molecular complexity index is 1000. The predicted octanol–water partition coefficient (Wildman–Crippen LogP) is 3.27. The molecular weight excluding hydrogens is 453 g/mol. The molecule has 2 aromatic rings. The third-order valence-electron chi connectivity index (χ3n) is 4.04. The number of alkyl carbamates (subject to hydrolysis) is 1. The molecule has 1 fully saturated rings. The van der Waals surface area contributed by atoms with Crippen molar-refractivity contribution in [3.05, 3.63) is 58.2 Å². The first-order chi connectivity index (χ1) is 14.5. The maximum atomic E-state index is 13.9. The van der Waals surface area contributed by atoms with Crippen molar-refractivity contribution in [2.45, 2.75) is 18.3 Å². The molecule has 1 aliphatic rings. The van der Waals surface area contributed by atoms with E-state index < -0.39 is 54.4 Å². The molecule has 2 atom stereocenters. The highest BCUT2D eigenvalue weighted by atomic mass is 35.5. The summed E-state index contributed by atoms with van der Waals surface area (Å²) in [5, 5.41) is 4.46. The Balaban J connectivity index is 1.94. The lowest BCUT2D eigenvalue weighted by Crippen LogP contribution is -2.39. The van der Waals surface area contributed by atoms with Crippen molar-refractivity contribution < 1.29 is 41.0 Å². The molecule has 13 heteroatoms. The third-order valence-corrected chi connectivity index (χ3v) is 4.33. The molecule has 0 aliphatic carbocycles. The van der Waals surface area contributed by atoms with Crippen LogP contribution in [0.1, 0.15) is 17.3 Å². The minimum Gasteiger partial charge on any atom is -0.466 e. The van der Waals surface area contributed by atoms with Crippen molar-refractivity contribution in [2.24, 2.45) is 0 Å². The highest BCUT2D eigenvalue weighted by Crippen LogP contribution is 2.28. The molecule has 1 aliphatic heterocycles. The molecule has 1 saturated heterocycles. The van der Waals surface area contributed by atoms with Crippen molar-refractivity contribution in [3.63, 3.8) is 0 Å². The Morgan fingerprint density at radius 1 is 1.29 bits per heavy atom. The van der Waals surface area contributed by atoms with Gasteiger partial charge >= 0.3 is 12.3 Å². The van der Waals surface area contributed by atoms with Crippen LogP contribution in [0.25, 0.3) is 0 Å². The molecule has 0 spiro atoms. The summed E-state index contributed by atoms with van der Waals surface area (Å²) >= 11 is 5.79. The van der Waals surface area contributed by atoms with Gasteiger partial charge in [0.2, 0.25) is 0 Å². The van der Waals surface area contributed by atoms with E-state index in [-0.39, 0.29) is 22.8 Å². The van der Waals surface area contributed by atoms with E-state index in [0.29, 0.717) is 0 Å². The molecule has 0 radical (unpaired) electrons. The summed E-state index contributed by atoms with van der Waals surface area (Å²) in [5.74, 6) is -3.65. The standard InChI is InChI=1S/C18H13ClF5N3O4/c19-9-5-8(1-2-10(9)20)14(27-15(28)13-6-25-17(29)31-13)12-4-3-11(21)16(26-12)30-7-18(22,23)24/h1-5,13-14H,6-7H2,(H,25,29)(H,27,28). The van der Waals surface area contributed by atoms with Gasteiger partial charge in [0.15, 0.2) is 18.5 Å². The van der Waals surface area contributed by atoms with Crippen molar-refractivity contribution in [1.82, 2.24) is 15.6 Å². The summed E-state index contributed by atoms with van der Waals surface area (Å²) in [5.41, 5.74) is 0.0461. The van der Waals surface area contributed by atoms with Gasteiger partial charge in [-0.2, -0.15) is 13.2 Å². The number of hydrogen-bond donors (Lipinski definition) is 2. The molecule has 7 nitrogen and oxygen atoms in total. The number of halogens is 6. The molecule has 31 heavy (non-hydrogen) atoms. The van der Waals surface area contributed by atoms with Crippen LogP contribution in [0.2, 0.25) is 5.02 Å². The van der Waals surface area contributed by atoms with Crippen molar-refractivity contribution in [1.29, 1.82) is 0 Å². The molecule has 2 heterocycles. The highest BCUT2D eigenvalue weighted by Gasteiger charge is 2.33. The monoisotopic (exact) mass is 465 g/mol. The smallest absolute Gasteiger partial charge is 0.422 e. The number of pyridine rings is 1. The van der Waals surface area contributed by atoms with Gasteiger partial charge in [-0.05, 0) is 29.8 Å². The minimum absolute atomic E-state index is 0.127. The zero-order chi connectivity index (χ0) is 22.8. The van der Waals surface area contributed by atoms with E-state index in [0.717, 1.165) is 24.3 Å². The average Bonchev–Trinajstić information content (AvgIpc) is 3.13. The molecule has 3 rings (SSSR count). The Morgan fingerprint density at radius 3 is 2.61 bits per heavy atom. The Kier molecular flexibility index (Phi) is 6.48. The number of cyclic esters (lactones) is 1. The van der Waals surface area contributed by atoms with E-state index in [2.05, 4.69) is 20.4 Å². The highest BCUT2D eigenvalue weighted by molar-refractivity contribution is 6.30. The third kappa shape index (κ3) is 5.72. The Morgan fingerprint density at radius 2 is 2.00 bits per heavy atom. The maximum Gasteiger partial charge on any atom is 0.422 e. The summed E-state index contributed by atoms with van der Waals surface area (Å²) in [4.78, 5) is 27.4. The second-order valence-corrected chi connectivity index (χ2v) is 6.72. The lowest BCUT2D eigenvalue weighted by Gasteiger charge is -2.21. The Labute approximate surface area is 176 Å². The largest absolute Gasteiger partial charge is 0.466 e. The lowest BCUT2D eigenvalue weighted by atomic mass is 10.0. The van der Waals surface area contributed by atoms with Gasteiger partial charge in [-0.1, -0.05) is 17.7 Å². The summed E-state index contributed by atoms with van der Waals surface area (Å²) in [6.45, 7) is -1.91. The van der Waals surface area contributed by atoms with E-state index in [4.69, 9.17) is 16.3 Å². The first-order valence-corrected chi connectivity index (χ1v) is 8.97. The molecule has 0 saturated carbocycles. The molecule has 166 valence electrons. The number of hydrogen-bond acceptors (Lipinski definition) is 5. The van der Waals surface area contributed by atoms with Gasteiger partial charge in [0.05, 0.1) is 23.3 Å². The molecule has 0 bridgehead atoms. The van der Waals surface area contributed by atoms with Crippen LogP contribution < -0.4 is 15.4 Å². The molecule has 1 aromatic heterocycles. The van der Waals surface area contributed by atoms with E-state index >= 15 is 0 Å². The van der Waals surface area contributed by atoms with Crippen molar-refractivity contribution in [2.75, 3.05) is 13.2 Å². The van der Waals surface area contributed by atoms with E-state index in [9.17, 15) is 31.5 Å². The number of benzene rings is 1. The van der Waals surface area contributed by atoms with Crippen LogP contribution in [0.4, 0.5) is 26.7 Å². The number of aromatic nitrogens is 1. The van der Waals surface area contributed by atoms with Crippen LogP contribution in [0.15, 0.2) is 30.3 Å². The fourth-order valence-electron chi connectivity index (χ4n) is 2.64. The van der Waals surface area contributed by atoms with Crippen LogP contribution in [0, 0.1) is 11.6 Å². The van der Waals surface area contributed by atoms with Gasteiger partial charge in [0.25, 0.3) is 11.8 Å². The molecular formula is C18H13ClF5N3O4.